The number of nitrogens with zero attached hydrogens (tertiary/aromatic N) is 3. The highest BCUT2D eigenvalue weighted by Crippen LogP contribution is 2.35. The number of carbonyl (C=O) groups is 1. The van der Waals surface area contributed by atoms with Crippen molar-refractivity contribution in [1.82, 2.24) is 9.80 Å². The quantitative estimate of drug-likeness (QED) is 0.846. The lowest BCUT2D eigenvalue weighted by Crippen LogP contribution is -2.46. The van der Waals surface area contributed by atoms with Crippen molar-refractivity contribution in [2.75, 3.05) is 62.6 Å². The lowest BCUT2D eigenvalue weighted by Gasteiger charge is -2.41. The third-order valence-corrected chi connectivity index (χ3v) is 7.08. The van der Waals surface area contributed by atoms with Crippen molar-refractivity contribution in [2.45, 2.75) is 39.0 Å². The van der Waals surface area contributed by atoms with E-state index in [9.17, 15) is 4.79 Å². The zero-order valence-corrected chi connectivity index (χ0v) is 17.4. The van der Waals surface area contributed by atoms with Gasteiger partial charge >= 0.3 is 0 Å². The van der Waals surface area contributed by atoms with Crippen LogP contribution in [0.3, 0.4) is 0 Å². The minimum Gasteiger partial charge on any atom is -0.369 e. The number of piperazine rings is 1. The monoisotopic (exact) mass is 384 g/mol. The van der Waals surface area contributed by atoms with Crippen LogP contribution in [0, 0.1) is 11.8 Å². The van der Waals surface area contributed by atoms with E-state index in [0.29, 0.717) is 6.54 Å². The van der Waals surface area contributed by atoms with Crippen molar-refractivity contribution in [3.63, 3.8) is 0 Å². The summed E-state index contributed by atoms with van der Waals surface area (Å²) in [5.74, 6) is 1.86. The minimum atomic E-state index is 0.124. The van der Waals surface area contributed by atoms with E-state index in [0.717, 1.165) is 63.3 Å². The lowest BCUT2D eigenvalue weighted by atomic mass is 9.75. The fraction of sp³-hybridized carbons (Fsp3) is 0.696. The van der Waals surface area contributed by atoms with Gasteiger partial charge in [-0.05, 0) is 62.0 Å². The Hall–Kier alpha value is -1.59. The molecule has 0 unspecified atom stereocenters. The van der Waals surface area contributed by atoms with Gasteiger partial charge in [-0.25, -0.2) is 0 Å². The topological polar surface area (TPSA) is 38.8 Å². The first-order valence-electron chi connectivity index (χ1n) is 11.3. The van der Waals surface area contributed by atoms with Gasteiger partial charge in [0.05, 0.1) is 6.54 Å². The number of nitrogens with one attached hydrogen (secondary N) is 1. The smallest absolute Gasteiger partial charge is 0.238 e. The molecule has 28 heavy (non-hydrogen) atoms. The molecular formula is C23H36N4O. The second-order valence-electron chi connectivity index (χ2n) is 8.84. The molecule has 2 aliphatic heterocycles. The molecule has 1 saturated carbocycles. The number of carbonyl (C=O) groups excluding carboxylic acids is 1. The van der Waals surface area contributed by atoms with E-state index in [4.69, 9.17) is 0 Å². The van der Waals surface area contributed by atoms with Gasteiger partial charge in [0, 0.05) is 44.1 Å². The highest BCUT2D eigenvalue weighted by Gasteiger charge is 2.31. The number of fused-ring (bicyclic) bond motifs is 1. The van der Waals surface area contributed by atoms with E-state index < -0.39 is 0 Å². The molecule has 2 heterocycles. The molecule has 3 aliphatic rings. The fourth-order valence-electron chi connectivity index (χ4n) is 5.30. The fourth-order valence-corrected chi connectivity index (χ4v) is 5.30. The molecule has 2 atom stereocenters. The van der Waals surface area contributed by atoms with Crippen LogP contribution in [-0.2, 0) is 4.79 Å². The molecule has 0 aromatic heterocycles. The average molecular weight is 385 g/mol. The van der Waals surface area contributed by atoms with Gasteiger partial charge < -0.3 is 15.1 Å². The summed E-state index contributed by atoms with van der Waals surface area (Å²) in [6.07, 6.45) is 6.83. The van der Waals surface area contributed by atoms with E-state index >= 15 is 0 Å². The molecular weight excluding hydrogens is 348 g/mol. The van der Waals surface area contributed by atoms with Crippen molar-refractivity contribution in [3.05, 3.63) is 24.3 Å². The van der Waals surface area contributed by atoms with Gasteiger partial charge in [0.2, 0.25) is 5.91 Å². The molecule has 3 fully saturated rings. The summed E-state index contributed by atoms with van der Waals surface area (Å²) in [6.45, 7) is 10.5. The van der Waals surface area contributed by atoms with E-state index in [2.05, 4.69) is 39.1 Å². The molecule has 0 spiro atoms. The minimum absolute atomic E-state index is 0.124. The number of piperidine rings is 1. The first-order chi connectivity index (χ1) is 13.7. The van der Waals surface area contributed by atoms with Crippen LogP contribution < -0.4 is 10.2 Å². The van der Waals surface area contributed by atoms with E-state index in [1.807, 2.05) is 12.1 Å². The van der Waals surface area contributed by atoms with Crippen LogP contribution in [-0.4, -0.2) is 68.1 Å². The number of amides is 1. The molecule has 0 radical (unpaired) electrons. The Kier molecular flexibility index (Phi) is 6.53. The molecule has 5 nitrogen and oxygen atoms in total. The Morgan fingerprint density at radius 2 is 1.64 bits per heavy atom. The Bertz CT molecular complexity index is 639. The van der Waals surface area contributed by atoms with Crippen molar-refractivity contribution < 1.29 is 4.79 Å². The number of likely N-dealkylation sites (tertiary alicyclic amines) is 1. The van der Waals surface area contributed by atoms with E-state index in [1.54, 1.807) is 0 Å². The Labute approximate surface area is 170 Å². The molecule has 2 saturated heterocycles. The first kappa shape index (κ1) is 19.7. The van der Waals surface area contributed by atoms with Gasteiger partial charge in [0.25, 0.3) is 0 Å². The third-order valence-electron chi connectivity index (χ3n) is 7.08. The van der Waals surface area contributed by atoms with Gasteiger partial charge in [-0.3, -0.25) is 9.69 Å². The van der Waals surface area contributed by atoms with E-state index in [1.165, 1.54) is 37.8 Å². The zero-order chi connectivity index (χ0) is 19.3. The maximum absolute atomic E-state index is 12.5. The van der Waals surface area contributed by atoms with Crippen LogP contribution in [0.1, 0.15) is 39.0 Å². The average Bonchev–Trinajstić information content (AvgIpc) is 2.74. The lowest BCUT2D eigenvalue weighted by molar-refractivity contribution is -0.118. The van der Waals surface area contributed by atoms with Gasteiger partial charge in [-0.15, -0.1) is 0 Å². The molecule has 5 heteroatoms. The third kappa shape index (κ3) is 4.87. The standard InChI is InChI=1S/C23H36N4O/c1-2-25-13-15-27(16-14-25)22-9-7-21(8-10-22)24-23(28)18-26-12-11-19-5-3-4-6-20(19)17-26/h7-10,19-20H,2-6,11-18H2,1H3,(H,24,28)/t19-,20-/m1/s1. The van der Waals surface area contributed by atoms with Gasteiger partial charge in [0.1, 0.15) is 0 Å². The summed E-state index contributed by atoms with van der Waals surface area (Å²) in [4.78, 5) is 19.8. The summed E-state index contributed by atoms with van der Waals surface area (Å²) in [7, 11) is 0. The molecule has 1 N–H and O–H groups in total. The first-order valence-corrected chi connectivity index (χ1v) is 11.3. The van der Waals surface area contributed by atoms with Crippen LogP contribution in [0.25, 0.3) is 0 Å². The predicted octanol–water partition coefficient (Wildman–Crippen LogP) is 3.28. The second-order valence-corrected chi connectivity index (χ2v) is 8.84. The Balaban J connectivity index is 1.24. The maximum Gasteiger partial charge on any atom is 0.238 e. The molecule has 1 aromatic carbocycles. The summed E-state index contributed by atoms with van der Waals surface area (Å²) in [5, 5.41) is 3.10. The van der Waals surface area contributed by atoms with Crippen LogP contribution >= 0.6 is 0 Å². The van der Waals surface area contributed by atoms with Gasteiger partial charge in [-0.1, -0.05) is 26.2 Å². The summed E-state index contributed by atoms with van der Waals surface area (Å²) < 4.78 is 0. The van der Waals surface area contributed by atoms with Crippen LogP contribution in [0.15, 0.2) is 24.3 Å². The number of rotatable bonds is 5. The van der Waals surface area contributed by atoms with Crippen molar-refractivity contribution in [2.24, 2.45) is 11.8 Å². The summed E-state index contributed by atoms with van der Waals surface area (Å²) >= 11 is 0. The van der Waals surface area contributed by atoms with E-state index in [-0.39, 0.29) is 5.91 Å². The molecule has 1 amide bonds. The van der Waals surface area contributed by atoms with Crippen molar-refractivity contribution in [3.8, 4) is 0 Å². The number of anilines is 2. The largest absolute Gasteiger partial charge is 0.369 e. The Morgan fingerprint density at radius 1 is 0.929 bits per heavy atom. The highest BCUT2D eigenvalue weighted by atomic mass is 16.2. The SMILES string of the molecule is CCN1CCN(c2ccc(NC(=O)CN3CC[C@H]4CCCC[C@@H]4C3)cc2)CC1. The Morgan fingerprint density at radius 3 is 2.36 bits per heavy atom. The van der Waals surface area contributed by atoms with Crippen LogP contribution in [0.4, 0.5) is 11.4 Å². The number of likely N-dealkylation sites (N-methyl/N-ethyl adjacent to an activating group) is 1. The second kappa shape index (κ2) is 9.27. The normalized spacial score (nSPS) is 26.7. The van der Waals surface area contributed by atoms with Crippen LogP contribution in [0.2, 0.25) is 0 Å². The maximum atomic E-state index is 12.5. The molecule has 1 aliphatic carbocycles. The number of hydrogen-bond acceptors (Lipinski definition) is 4. The highest BCUT2D eigenvalue weighted by molar-refractivity contribution is 5.92. The summed E-state index contributed by atoms with van der Waals surface area (Å²) in [6, 6.07) is 8.38. The van der Waals surface area contributed by atoms with Gasteiger partial charge in [0.15, 0.2) is 0 Å². The number of hydrogen-bond donors (Lipinski definition) is 1. The van der Waals surface area contributed by atoms with Crippen LogP contribution in [0.5, 0.6) is 0 Å². The molecule has 0 bridgehead atoms. The summed E-state index contributed by atoms with van der Waals surface area (Å²) in [5.41, 5.74) is 2.17. The number of benzene rings is 1. The molecule has 1 aromatic rings. The van der Waals surface area contributed by atoms with Crippen molar-refractivity contribution >= 4 is 17.3 Å². The van der Waals surface area contributed by atoms with Gasteiger partial charge in [-0.2, -0.15) is 0 Å². The molecule has 4 rings (SSSR count). The predicted molar refractivity (Wildman–Crippen MR) is 116 cm³/mol. The van der Waals surface area contributed by atoms with Crippen molar-refractivity contribution in [1.29, 1.82) is 0 Å². The zero-order valence-electron chi connectivity index (χ0n) is 17.4. The molecule has 154 valence electrons.